The zero-order valence-corrected chi connectivity index (χ0v) is 11.6. The van der Waals surface area contributed by atoms with Gasteiger partial charge in [0.2, 0.25) is 11.8 Å². The molecule has 2 aliphatic heterocycles. The van der Waals surface area contributed by atoms with E-state index in [0.717, 1.165) is 0 Å². The monoisotopic (exact) mass is 297 g/mol. The maximum Gasteiger partial charge on any atom is 0.200 e. The molecule has 2 atom stereocenters. The van der Waals surface area contributed by atoms with Crippen molar-refractivity contribution in [3.63, 3.8) is 0 Å². The molecule has 3 heterocycles. The van der Waals surface area contributed by atoms with E-state index < -0.39 is 0 Å². The van der Waals surface area contributed by atoms with Gasteiger partial charge < -0.3 is 29.5 Å². The van der Waals surface area contributed by atoms with Crippen LogP contribution in [0.4, 0.5) is 0 Å². The molecule has 0 amide bonds. The standard InChI is InChI=1S/C14H19NO6/c16-4-6-20-8-7-19-5-3-15-13(17)11-9-1-2-10(21-9)12(11)14(15)18/h1-2,9-10,16-18H,3-8H2. The van der Waals surface area contributed by atoms with Crippen LogP contribution in [0.15, 0.2) is 12.2 Å². The Bertz CT molecular complexity index is 503. The van der Waals surface area contributed by atoms with Gasteiger partial charge in [-0.1, -0.05) is 12.2 Å². The highest BCUT2D eigenvalue weighted by molar-refractivity contribution is 5.55. The first-order chi connectivity index (χ1) is 10.2. The number of aliphatic hydroxyl groups is 1. The van der Waals surface area contributed by atoms with Crippen molar-refractivity contribution in [2.45, 2.75) is 18.8 Å². The predicted octanol–water partition coefficient (Wildman–Crippen LogP) is 0.607. The Morgan fingerprint density at radius 1 is 0.952 bits per heavy atom. The average molecular weight is 297 g/mol. The largest absolute Gasteiger partial charge is 0.494 e. The summed E-state index contributed by atoms with van der Waals surface area (Å²) in [6, 6.07) is 0. The molecule has 2 unspecified atom stereocenters. The Balaban J connectivity index is 1.53. The molecule has 1 aromatic heterocycles. The lowest BCUT2D eigenvalue weighted by molar-refractivity contribution is 0.0300. The molecule has 0 aromatic carbocycles. The Labute approximate surface area is 122 Å². The van der Waals surface area contributed by atoms with E-state index in [4.69, 9.17) is 19.3 Å². The molecule has 116 valence electrons. The van der Waals surface area contributed by atoms with Crippen molar-refractivity contribution < 1.29 is 29.5 Å². The number of aliphatic hydroxyl groups excluding tert-OH is 1. The lowest BCUT2D eigenvalue weighted by Crippen LogP contribution is -2.11. The highest BCUT2D eigenvalue weighted by Gasteiger charge is 2.41. The summed E-state index contributed by atoms with van der Waals surface area (Å²) < 4.78 is 17.4. The predicted molar refractivity (Wildman–Crippen MR) is 72.2 cm³/mol. The van der Waals surface area contributed by atoms with Gasteiger partial charge in [0.15, 0.2) is 0 Å². The van der Waals surface area contributed by atoms with Crippen molar-refractivity contribution in [2.75, 3.05) is 33.0 Å². The molecule has 2 aliphatic rings. The Kier molecular flexibility index (Phi) is 4.16. The van der Waals surface area contributed by atoms with Crippen LogP contribution in [0.5, 0.6) is 11.8 Å². The van der Waals surface area contributed by atoms with Crippen LogP contribution in [-0.4, -0.2) is 52.9 Å². The van der Waals surface area contributed by atoms with Gasteiger partial charge in [-0.05, 0) is 0 Å². The minimum Gasteiger partial charge on any atom is -0.494 e. The molecule has 7 heteroatoms. The summed E-state index contributed by atoms with van der Waals surface area (Å²) in [4.78, 5) is 0. The number of fused-ring (bicyclic) bond motifs is 5. The molecule has 0 aliphatic carbocycles. The third-order valence-corrected chi connectivity index (χ3v) is 3.67. The molecule has 7 nitrogen and oxygen atoms in total. The van der Waals surface area contributed by atoms with Crippen LogP contribution in [0.25, 0.3) is 0 Å². The van der Waals surface area contributed by atoms with E-state index in [0.29, 0.717) is 44.1 Å². The van der Waals surface area contributed by atoms with E-state index in [1.807, 2.05) is 12.2 Å². The average Bonchev–Trinajstić information content (AvgIpc) is 3.15. The number of rotatable bonds is 8. The summed E-state index contributed by atoms with van der Waals surface area (Å²) in [6.45, 7) is 1.80. The topological polar surface area (TPSA) is 93.3 Å². The van der Waals surface area contributed by atoms with E-state index in [9.17, 15) is 10.2 Å². The van der Waals surface area contributed by atoms with Crippen molar-refractivity contribution in [3.8, 4) is 11.8 Å². The van der Waals surface area contributed by atoms with Crippen molar-refractivity contribution in [2.24, 2.45) is 0 Å². The van der Waals surface area contributed by atoms with Gasteiger partial charge in [0.1, 0.15) is 12.2 Å². The third kappa shape index (κ3) is 2.53. The molecular formula is C14H19NO6. The number of ether oxygens (including phenoxy) is 3. The zero-order valence-electron chi connectivity index (χ0n) is 11.6. The summed E-state index contributed by atoms with van der Waals surface area (Å²) in [5, 5.41) is 29.0. The Morgan fingerprint density at radius 3 is 2.10 bits per heavy atom. The van der Waals surface area contributed by atoms with E-state index in [2.05, 4.69) is 0 Å². The van der Waals surface area contributed by atoms with E-state index in [1.165, 1.54) is 4.57 Å². The second-order valence-electron chi connectivity index (χ2n) is 4.94. The third-order valence-electron chi connectivity index (χ3n) is 3.67. The van der Waals surface area contributed by atoms with Crippen LogP contribution in [0, 0.1) is 0 Å². The summed E-state index contributed by atoms with van der Waals surface area (Å²) in [7, 11) is 0. The minimum atomic E-state index is -0.259. The van der Waals surface area contributed by atoms with Gasteiger partial charge >= 0.3 is 0 Å². The fraction of sp³-hybridized carbons (Fsp3) is 0.571. The molecule has 0 saturated carbocycles. The van der Waals surface area contributed by atoms with Crippen LogP contribution in [0.2, 0.25) is 0 Å². The molecule has 0 spiro atoms. The van der Waals surface area contributed by atoms with Crippen LogP contribution in [-0.2, 0) is 20.8 Å². The number of hydrogen-bond acceptors (Lipinski definition) is 6. The van der Waals surface area contributed by atoms with Crippen LogP contribution in [0.1, 0.15) is 23.3 Å². The lowest BCUT2D eigenvalue weighted by Gasteiger charge is -2.10. The summed E-state index contributed by atoms with van der Waals surface area (Å²) >= 11 is 0. The number of hydrogen-bond donors (Lipinski definition) is 3. The van der Waals surface area contributed by atoms with E-state index >= 15 is 0 Å². The number of aromatic hydroxyl groups is 2. The van der Waals surface area contributed by atoms with Crippen molar-refractivity contribution >= 4 is 0 Å². The molecule has 21 heavy (non-hydrogen) atoms. The Morgan fingerprint density at radius 2 is 1.52 bits per heavy atom. The molecule has 1 aromatic rings. The molecule has 0 radical (unpaired) electrons. The molecule has 3 N–H and O–H groups in total. The van der Waals surface area contributed by atoms with Gasteiger partial charge in [0.05, 0.1) is 50.7 Å². The quantitative estimate of drug-likeness (QED) is 0.481. The first-order valence-electron chi connectivity index (χ1n) is 6.98. The Hall–Kier alpha value is -1.54. The van der Waals surface area contributed by atoms with Crippen LogP contribution < -0.4 is 0 Å². The van der Waals surface area contributed by atoms with Gasteiger partial charge in [-0.2, -0.15) is 0 Å². The highest BCUT2D eigenvalue weighted by atomic mass is 16.5. The highest BCUT2D eigenvalue weighted by Crippen LogP contribution is 2.54. The van der Waals surface area contributed by atoms with Gasteiger partial charge in [-0.15, -0.1) is 0 Å². The van der Waals surface area contributed by atoms with Gasteiger partial charge in [0, 0.05) is 0 Å². The summed E-state index contributed by atoms with van der Waals surface area (Å²) in [6.07, 6.45) is 3.24. The minimum absolute atomic E-state index is 0.00486. The fourth-order valence-corrected chi connectivity index (χ4v) is 2.73. The van der Waals surface area contributed by atoms with Gasteiger partial charge in [-0.25, -0.2) is 0 Å². The van der Waals surface area contributed by atoms with Crippen molar-refractivity contribution in [1.29, 1.82) is 0 Å². The number of aromatic nitrogens is 1. The zero-order chi connectivity index (χ0) is 14.8. The first-order valence-corrected chi connectivity index (χ1v) is 6.98. The van der Waals surface area contributed by atoms with Crippen molar-refractivity contribution in [3.05, 3.63) is 23.3 Å². The smallest absolute Gasteiger partial charge is 0.200 e. The molecule has 3 rings (SSSR count). The lowest BCUT2D eigenvalue weighted by atomic mass is 10.0. The normalized spacial score (nSPS) is 22.1. The first kappa shape index (κ1) is 14.4. The van der Waals surface area contributed by atoms with Crippen LogP contribution in [0.3, 0.4) is 0 Å². The van der Waals surface area contributed by atoms with Gasteiger partial charge in [-0.3, -0.25) is 4.57 Å². The van der Waals surface area contributed by atoms with Gasteiger partial charge in [0.25, 0.3) is 0 Å². The second-order valence-corrected chi connectivity index (χ2v) is 4.94. The van der Waals surface area contributed by atoms with Crippen molar-refractivity contribution in [1.82, 2.24) is 4.57 Å². The molecule has 0 saturated heterocycles. The maximum absolute atomic E-state index is 10.2. The van der Waals surface area contributed by atoms with E-state index in [-0.39, 0.29) is 30.6 Å². The maximum atomic E-state index is 10.2. The summed E-state index contributed by atoms with van der Waals surface area (Å²) in [5.74, 6) is 0.0824. The van der Waals surface area contributed by atoms with Crippen LogP contribution >= 0.6 is 0 Å². The second kappa shape index (κ2) is 6.07. The SMILES string of the molecule is OCCOCCOCCn1c(O)c2c(c1O)C1C=CC2O1. The molecule has 0 fully saturated rings. The summed E-state index contributed by atoms with van der Waals surface area (Å²) in [5.41, 5.74) is 1.32. The molecule has 2 bridgehead atoms. The molecular weight excluding hydrogens is 278 g/mol. The fourth-order valence-electron chi connectivity index (χ4n) is 2.73. The number of nitrogens with zero attached hydrogens (tertiary/aromatic N) is 1. The van der Waals surface area contributed by atoms with E-state index in [1.54, 1.807) is 0 Å².